The van der Waals surface area contributed by atoms with E-state index >= 15 is 0 Å². The van der Waals surface area contributed by atoms with Crippen LogP contribution in [0.3, 0.4) is 0 Å². The van der Waals surface area contributed by atoms with E-state index in [-0.39, 0.29) is 5.91 Å². The minimum absolute atomic E-state index is 0.104. The van der Waals surface area contributed by atoms with Crippen LogP contribution in [0.5, 0.6) is 0 Å². The van der Waals surface area contributed by atoms with Crippen molar-refractivity contribution in [3.05, 3.63) is 48.4 Å². The number of carbonyl (C=O) groups is 1. The first kappa shape index (κ1) is 13.8. The molecule has 4 N–H and O–H groups in total. The Morgan fingerprint density at radius 3 is 2.80 bits per heavy atom. The molecule has 6 nitrogen and oxygen atoms in total. The lowest BCUT2D eigenvalue weighted by molar-refractivity contribution is 0.0953. The highest BCUT2D eigenvalue weighted by atomic mass is 16.1. The molecule has 104 valence electrons. The number of carbonyl (C=O) groups excluding carboxylic acids is 1. The highest BCUT2D eigenvalue weighted by Crippen LogP contribution is 2.06. The molecule has 2 rings (SSSR count). The number of nitrogens with one attached hydrogen (secondary N) is 2. The van der Waals surface area contributed by atoms with Crippen LogP contribution in [-0.4, -0.2) is 29.0 Å². The van der Waals surface area contributed by atoms with E-state index in [1.165, 1.54) is 0 Å². The molecule has 0 saturated carbocycles. The lowest BCUT2D eigenvalue weighted by Gasteiger charge is -2.07. The van der Waals surface area contributed by atoms with Gasteiger partial charge in [-0.25, -0.2) is 4.98 Å². The largest absolute Gasteiger partial charge is 0.384 e. The number of nitrogens with two attached hydrogens (primary N) is 1. The first-order valence-electron chi connectivity index (χ1n) is 6.39. The molecule has 2 heterocycles. The number of anilines is 2. The highest BCUT2D eigenvalue weighted by molar-refractivity contribution is 5.93. The number of amides is 1. The van der Waals surface area contributed by atoms with Crippen LogP contribution in [0.1, 0.15) is 16.8 Å². The van der Waals surface area contributed by atoms with E-state index in [9.17, 15) is 4.79 Å². The number of aromatic nitrogens is 2. The van der Waals surface area contributed by atoms with Crippen LogP contribution < -0.4 is 16.4 Å². The Kier molecular flexibility index (Phi) is 4.88. The molecule has 0 atom stereocenters. The monoisotopic (exact) mass is 271 g/mol. The Bertz CT molecular complexity index is 541. The summed E-state index contributed by atoms with van der Waals surface area (Å²) in [6, 6.07) is 7.09. The van der Waals surface area contributed by atoms with E-state index in [0.29, 0.717) is 17.9 Å². The normalized spacial score (nSPS) is 10.0. The third kappa shape index (κ3) is 4.24. The van der Waals surface area contributed by atoms with E-state index in [1.807, 2.05) is 6.07 Å². The predicted octanol–water partition coefficient (Wildman–Crippen LogP) is 1.29. The molecular weight excluding hydrogens is 254 g/mol. The van der Waals surface area contributed by atoms with Gasteiger partial charge in [0.25, 0.3) is 5.91 Å². The second-order valence-corrected chi connectivity index (χ2v) is 4.25. The number of nitrogens with zero attached hydrogens (tertiary/aromatic N) is 2. The zero-order valence-electron chi connectivity index (χ0n) is 11.0. The van der Waals surface area contributed by atoms with Crippen molar-refractivity contribution in [3.8, 4) is 0 Å². The third-order valence-corrected chi connectivity index (χ3v) is 2.68. The highest BCUT2D eigenvalue weighted by Gasteiger charge is 2.03. The molecule has 2 aromatic heterocycles. The molecule has 0 unspecified atom stereocenters. The van der Waals surface area contributed by atoms with Gasteiger partial charge in [-0.3, -0.25) is 9.78 Å². The predicted molar refractivity (Wildman–Crippen MR) is 78.3 cm³/mol. The Balaban J connectivity index is 1.64. The van der Waals surface area contributed by atoms with Gasteiger partial charge >= 0.3 is 0 Å². The zero-order chi connectivity index (χ0) is 14.2. The summed E-state index contributed by atoms with van der Waals surface area (Å²) in [6.45, 7) is 1.35. The summed E-state index contributed by atoms with van der Waals surface area (Å²) in [5, 5.41) is 6.04. The van der Waals surface area contributed by atoms with Crippen molar-refractivity contribution in [2.75, 3.05) is 24.1 Å². The third-order valence-electron chi connectivity index (χ3n) is 2.68. The summed E-state index contributed by atoms with van der Waals surface area (Å²) in [4.78, 5) is 19.6. The van der Waals surface area contributed by atoms with E-state index in [4.69, 9.17) is 5.73 Å². The fourth-order valence-corrected chi connectivity index (χ4v) is 1.63. The van der Waals surface area contributed by atoms with Crippen molar-refractivity contribution < 1.29 is 4.79 Å². The molecule has 0 aromatic carbocycles. The minimum atomic E-state index is -0.104. The maximum atomic E-state index is 11.7. The van der Waals surface area contributed by atoms with Crippen LogP contribution in [0.15, 0.2) is 42.9 Å². The summed E-state index contributed by atoms with van der Waals surface area (Å²) < 4.78 is 0. The van der Waals surface area contributed by atoms with Crippen molar-refractivity contribution >= 4 is 17.4 Å². The molecule has 0 fully saturated rings. The van der Waals surface area contributed by atoms with Crippen LogP contribution in [0.25, 0.3) is 0 Å². The Morgan fingerprint density at radius 2 is 2.10 bits per heavy atom. The summed E-state index contributed by atoms with van der Waals surface area (Å²) >= 11 is 0. The molecule has 0 aliphatic rings. The van der Waals surface area contributed by atoms with Crippen LogP contribution in [0, 0.1) is 0 Å². The molecule has 6 heteroatoms. The fraction of sp³-hybridized carbons (Fsp3) is 0.214. The van der Waals surface area contributed by atoms with Gasteiger partial charge in [0.1, 0.15) is 5.82 Å². The Hall–Kier alpha value is -2.63. The van der Waals surface area contributed by atoms with Crippen molar-refractivity contribution in [2.24, 2.45) is 0 Å². The molecule has 2 aromatic rings. The summed E-state index contributed by atoms with van der Waals surface area (Å²) in [5.74, 6) is 0.395. The quantitative estimate of drug-likeness (QED) is 0.688. The first-order valence-corrected chi connectivity index (χ1v) is 6.39. The molecule has 0 aliphatic carbocycles. The second-order valence-electron chi connectivity index (χ2n) is 4.25. The van der Waals surface area contributed by atoms with Gasteiger partial charge in [-0.05, 0) is 30.7 Å². The van der Waals surface area contributed by atoms with E-state index < -0.39 is 0 Å². The standard InChI is InChI=1S/C14H17N5O/c15-13-5-4-12(10-19-13)17-7-2-8-18-14(20)11-3-1-6-16-9-11/h1,3-6,9-10,17H,2,7-8H2,(H2,15,19)(H,18,20). The van der Waals surface area contributed by atoms with E-state index in [0.717, 1.165) is 18.7 Å². The van der Waals surface area contributed by atoms with Gasteiger partial charge in [0.2, 0.25) is 0 Å². The molecule has 1 amide bonds. The van der Waals surface area contributed by atoms with Gasteiger partial charge in [0, 0.05) is 25.5 Å². The van der Waals surface area contributed by atoms with Gasteiger partial charge < -0.3 is 16.4 Å². The number of pyridine rings is 2. The Morgan fingerprint density at radius 1 is 1.20 bits per heavy atom. The average Bonchev–Trinajstić information content (AvgIpc) is 2.49. The molecule has 0 aliphatic heterocycles. The lowest BCUT2D eigenvalue weighted by atomic mass is 10.2. The minimum Gasteiger partial charge on any atom is -0.384 e. The topological polar surface area (TPSA) is 92.9 Å². The van der Waals surface area contributed by atoms with Gasteiger partial charge in [-0.15, -0.1) is 0 Å². The van der Waals surface area contributed by atoms with Crippen LogP contribution in [0.4, 0.5) is 11.5 Å². The van der Waals surface area contributed by atoms with Gasteiger partial charge in [-0.2, -0.15) is 0 Å². The average molecular weight is 271 g/mol. The number of hydrogen-bond donors (Lipinski definition) is 3. The number of hydrogen-bond acceptors (Lipinski definition) is 5. The molecule has 0 saturated heterocycles. The maximum absolute atomic E-state index is 11.7. The number of rotatable bonds is 6. The van der Waals surface area contributed by atoms with E-state index in [1.54, 1.807) is 36.8 Å². The van der Waals surface area contributed by atoms with Crippen molar-refractivity contribution in [1.29, 1.82) is 0 Å². The van der Waals surface area contributed by atoms with Gasteiger partial charge in [0.15, 0.2) is 0 Å². The molecular formula is C14H17N5O. The molecule has 0 bridgehead atoms. The van der Waals surface area contributed by atoms with Crippen molar-refractivity contribution in [2.45, 2.75) is 6.42 Å². The first-order chi connectivity index (χ1) is 9.75. The lowest BCUT2D eigenvalue weighted by Crippen LogP contribution is -2.25. The molecule has 20 heavy (non-hydrogen) atoms. The maximum Gasteiger partial charge on any atom is 0.252 e. The number of nitrogen functional groups attached to an aromatic ring is 1. The van der Waals surface area contributed by atoms with Gasteiger partial charge in [-0.1, -0.05) is 0 Å². The summed E-state index contributed by atoms with van der Waals surface area (Å²) in [5.41, 5.74) is 6.99. The molecule has 0 spiro atoms. The fourth-order valence-electron chi connectivity index (χ4n) is 1.63. The second kappa shape index (κ2) is 7.08. The van der Waals surface area contributed by atoms with E-state index in [2.05, 4.69) is 20.6 Å². The Labute approximate surface area is 117 Å². The van der Waals surface area contributed by atoms with Crippen LogP contribution in [-0.2, 0) is 0 Å². The summed E-state index contributed by atoms with van der Waals surface area (Å²) in [7, 11) is 0. The zero-order valence-corrected chi connectivity index (χ0v) is 11.0. The van der Waals surface area contributed by atoms with Crippen LogP contribution in [0.2, 0.25) is 0 Å². The van der Waals surface area contributed by atoms with Crippen LogP contribution >= 0.6 is 0 Å². The SMILES string of the molecule is Nc1ccc(NCCCNC(=O)c2cccnc2)cn1. The molecule has 0 radical (unpaired) electrons. The van der Waals surface area contributed by atoms with Crippen molar-refractivity contribution in [1.82, 2.24) is 15.3 Å². The van der Waals surface area contributed by atoms with Gasteiger partial charge in [0.05, 0.1) is 17.4 Å². The van der Waals surface area contributed by atoms with Crippen molar-refractivity contribution in [3.63, 3.8) is 0 Å². The summed E-state index contributed by atoms with van der Waals surface area (Å²) in [6.07, 6.45) is 5.69. The smallest absolute Gasteiger partial charge is 0.252 e.